The maximum atomic E-state index is 6.00. The van der Waals surface area contributed by atoms with E-state index in [4.69, 9.17) is 5.73 Å². The highest BCUT2D eigenvalue weighted by atomic mass is 15.0. The molecule has 0 saturated heterocycles. The van der Waals surface area contributed by atoms with Gasteiger partial charge in [0.2, 0.25) is 0 Å². The van der Waals surface area contributed by atoms with E-state index in [-0.39, 0.29) is 0 Å². The van der Waals surface area contributed by atoms with Crippen LogP contribution >= 0.6 is 0 Å². The Balaban J connectivity index is 1.80. The number of aryl methyl sites for hydroxylation is 2. The molecule has 0 aliphatic heterocycles. The van der Waals surface area contributed by atoms with Gasteiger partial charge in [-0.15, -0.1) is 0 Å². The average Bonchev–Trinajstić information content (AvgIpc) is 2.85. The molecule has 0 bridgehead atoms. The Morgan fingerprint density at radius 3 is 2.86 bits per heavy atom. The first-order valence-corrected chi connectivity index (χ1v) is 7.36. The van der Waals surface area contributed by atoms with E-state index < -0.39 is 0 Å². The van der Waals surface area contributed by atoms with Crippen LogP contribution in [0.4, 0.5) is 5.82 Å². The highest BCUT2D eigenvalue weighted by Crippen LogP contribution is 2.36. The lowest BCUT2D eigenvalue weighted by atomic mass is 9.81. The molecule has 4 heteroatoms. The molecule has 2 aromatic heterocycles. The quantitative estimate of drug-likeness (QED) is 0.744. The zero-order valence-electron chi connectivity index (χ0n) is 12.1. The van der Waals surface area contributed by atoms with Crippen molar-refractivity contribution in [2.45, 2.75) is 25.2 Å². The van der Waals surface area contributed by atoms with Gasteiger partial charge in [-0.2, -0.15) is 0 Å². The predicted octanol–water partition coefficient (Wildman–Crippen LogP) is 2.82. The SMILES string of the molecule is Cn1cc(C2CCc3ccccc3C2)c2ncnc(N)c21. The van der Waals surface area contributed by atoms with Gasteiger partial charge < -0.3 is 10.3 Å². The first-order chi connectivity index (χ1) is 10.2. The van der Waals surface area contributed by atoms with E-state index in [1.54, 1.807) is 6.33 Å². The van der Waals surface area contributed by atoms with Gasteiger partial charge in [0.1, 0.15) is 11.8 Å². The monoisotopic (exact) mass is 278 g/mol. The van der Waals surface area contributed by atoms with Crippen LogP contribution in [0.3, 0.4) is 0 Å². The Morgan fingerprint density at radius 2 is 2.00 bits per heavy atom. The first kappa shape index (κ1) is 12.4. The number of nitrogens with zero attached hydrogens (tertiary/aromatic N) is 3. The molecule has 0 saturated carbocycles. The van der Waals surface area contributed by atoms with Crippen LogP contribution in [0.1, 0.15) is 29.0 Å². The summed E-state index contributed by atoms with van der Waals surface area (Å²) >= 11 is 0. The van der Waals surface area contributed by atoms with Crippen molar-refractivity contribution in [1.82, 2.24) is 14.5 Å². The van der Waals surface area contributed by atoms with E-state index in [0.717, 1.165) is 23.9 Å². The molecule has 0 fully saturated rings. The summed E-state index contributed by atoms with van der Waals surface area (Å²) in [5.74, 6) is 1.07. The Hall–Kier alpha value is -2.36. The van der Waals surface area contributed by atoms with Crippen LogP contribution in [0.5, 0.6) is 0 Å². The maximum Gasteiger partial charge on any atom is 0.151 e. The number of nitrogen functional groups attached to an aromatic ring is 1. The van der Waals surface area contributed by atoms with Crippen LogP contribution in [0.2, 0.25) is 0 Å². The van der Waals surface area contributed by atoms with E-state index in [0.29, 0.717) is 11.7 Å². The maximum absolute atomic E-state index is 6.00. The summed E-state index contributed by atoms with van der Waals surface area (Å²) in [5.41, 5.74) is 12.2. The average molecular weight is 278 g/mol. The van der Waals surface area contributed by atoms with Crippen LogP contribution < -0.4 is 5.73 Å². The molecule has 106 valence electrons. The summed E-state index contributed by atoms with van der Waals surface area (Å²) in [6.45, 7) is 0. The lowest BCUT2D eigenvalue weighted by Crippen LogP contribution is -2.12. The molecule has 0 spiro atoms. The second-order valence-electron chi connectivity index (χ2n) is 5.86. The molecule has 2 N–H and O–H groups in total. The van der Waals surface area contributed by atoms with Gasteiger partial charge in [0.05, 0.1) is 5.52 Å². The molecular formula is C17H18N4. The molecular weight excluding hydrogens is 260 g/mol. The topological polar surface area (TPSA) is 56.7 Å². The predicted molar refractivity (Wildman–Crippen MR) is 84.1 cm³/mol. The van der Waals surface area contributed by atoms with Gasteiger partial charge in [-0.3, -0.25) is 0 Å². The number of fused-ring (bicyclic) bond motifs is 2. The molecule has 1 unspecified atom stereocenters. The summed E-state index contributed by atoms with van der Waals surface area (Å²) in [7, 11) is 2.02. The number of hydrogen-bond acceptors (Lipinski definition) is 3. The number of nitrogens with two attached hydrogens (primary N) is 1. The minimum Gasteiger partial charge on any atom is -0.382 e. The Kier molecular flexibility index (Phi) is 2.70. The van der Waals surface area contributed by atoms with Gasteiger partial charge in [-0.1, -0.05) is 24.3 Å². The fourth-order valence-electron chi connectivity index (χ4n) is 3.55. The molecule has 1 atom stereocenters. The van der Waals surface area contributed by atoms with Crippen molar-refractivity contribution in [3.63, 3.8) is 0 Å². The van der Waals surface area contributed by atoms with Crippen LogP contribution in [0, 0.1) is 0 Å². The third-order valence-electron chi connectivity index (χ3n) is 4.60. The van der Waals surface area contributed by atoms with Crippen LogP contribution in [0.15, 0.2) is 36.8 Å². The smallest absolute Gasteiger partial charge is 0.151 e. The van der Waals surface area contributed by atoms with Crippen molar-refractivity contribution in [3.8, 4) is 0 Å². The molecule has 1 aromatic carbocycles. The standard InChI is InChI=1S/C17H18N4/c1-21-9-14(15-16(21)17(18)20-10-19-15)13-7-6-11-4-2-3-5-12(11)8-13/h2-5,9-10,13H,6-8H2,1H3,(H2,18,19,20). The summed E-state index contributed by atoms with van der Waals surface area (Å²) in [6.07, 6.45) is 7.13. The van der Waals surface area contributed by atoms with Crippen molar-refractivity contribution in [3.05, 3.63) is 53.5 Å². The molecule has 0 amide bonds. The zero-order valence-corrected chi connectivity index (χ0v) is 12.1. The van der Waals surface area contributed by atoms with E-state index >= 15 is 0 Å². The summed E-state index contributed by atoms with van der Waals surface area (Å²) in [4.78, 5) is 8.59. The highest BCUT2D eigenvalue weighted by molar-refractivity contribution is 5.88. The Labute approximate surface area is 123 Å². The van der Waals surface area contributed by atoms with Gasteiger partial charge >= 0.3 is 0 Å². The molecule has 3 aromatic rings. The van der Waals surface area contributed by atoms with E-state index in [1.165, 1.54) is 23.1 Å². The van der Waals surface area contributed by atoms with Crippen LogP contribution in [-0.4, -0.2) is 14.5 Å². The fourth-order valence-corrected chi connectivity index (χ4v) is 3.55. The number of rotatable bonds is 1. The fraction of sp³-hybridized carbons (Fsp3) is 0.294. The van der Waals surface area contributed by atoms with E-state index in [9.17, 15) is 0 Å². The minimum absolute atomic E-state index is 0.512. The third-order valence-corrected chi connectivity index (χ3v) is 4.60. The normalized spacial score (nSPS) is 17.9. The molecule has 1 aliphatic rings. The molecule has 1 aliphatic carbocycles. The molecule has 21 heavy (non-hydrogen) atoms. The Bertz CT molecular complexity index is 819. The third kappa shape index (κ3) is 1.90. The van der Waals surface area contributed by atoms with Gasteiger partial charge in [-0.25, -0.2) is 9.97 Å². The number of benzene rings is 1. The zero-order chi connectivity index (χ0) is 14.4. The number of aromatic nitrogens is 3. The largest absolute Gasteiger partial charge is 0.382 e. The van der Waals surface area contributed by atoms with Crippen molar-refractivity contribution >= 4 is 16.9 Å². The summed E-state index contributed by atoms with van der Waals surface area (Å²) in [6, 6.07) is 8.75. The van der Waals surface area contributed by atoms with Crippen molar-refractivity contribution in [2.75, 3.05) is 5.73 Å². The molecule has 2 heterocycles. The lowest BCUT2D eigenvalue weighted by molar-refractivity contribution is 0.586. The number of anilines is 1. The lowest BCUT2D eigenvalue weighted by Gasteiger charge is -2.24. The first-order valence-electron chi connectivity index (χ1n) is 7.36. The molecule has 0 radical (unpaired) electrons. The highest BCUT2D eigenvalue weighted by Gasteiger charge is 2.24. The number of hydrogen-bond donors (Lipinski definition) is 1. The van der Waals surface area contributed by atoms with E-state index in [2.05, 4.69) is 45.0 Å². The Morgan fingerprint density at radius 1 is 1.19 bits per heavy atom. The van der Waals surface area contributed by atoms with Crippen LogP contribution in [-0.2, 0) is 19.9 Å². The van der Waals surface area contributed by atoms with Crippen LogP contribution in [0.25, 0.3) is 11.0 Å². The van der Waals surface area contributed by atoms with Crippen molar-refractivity contribution in [2.24, 2.45) is 7.05 Å². The van der Waals surface area contributed by atoms with Crippen molar-refractivity contribution < 1.29 is 0 Å². The van der Waals surface area contributed by atoms with E-state index in [1.807, 2.05) is 7.05 Å². The second kappa shape index (κ2) is 4.58. The second-order valence-corrected chi connectivity index (χ2v) is 5.86. The minimum atomic E-state index is 0.512. The molecule has 4 rings (SSSR count). The van der Waals surface area contributed by atoms with Gasteiger partial charge in [0, 0.05) is 13.2 Å². The summed E-state index contributed by atoms with van der Waals surface area (Å²) in [5, 5.41) is 0. The summed E-state index contributed by atoms with van der Waals surface area (Å²) < 4.78 is 2.06. The van der Waals surface area contributed by atoms with Gasteiger partial charge in [-0.05, 0) is 41.9 Å². The molecule has 4 nitrogen and oxygen atoms in total. The van der Waals surface area contributed by atoms with Gasteiger partial charge in [0.25, 0.3) is 0 Å². The van der Waals surface area contributed by atoms with Crippen molar-refractivity contribution in [1.29, 1.82) is 0 Å². The van der Waals surface area contributed by atoms with Gasteiger partial charge in [0.15, 0.2) is 5.82 Å².